The van der Waals surface area contributed by atoms with Crippen LogP contribution in [0.1, 0.15) is 35.6 Å². The van der Waals surface area contributed by atoms with Gasteiger partial charge in [-0.15, -0.1) is 0 Å². The molecule has 0 bridgehead atoms. The van der Waals surface area contributed by atoms with E-state index in [0.29, 0.717) is 11.3 Å². The van der Waals surface area contributed by atoms with Crippen molar-refractivity contribution in [3.63, 3.8) is 0 Å². The van der Waals surface area contributed by atoms with Crippen LogP contribution in [-0.4, -0.2) is 27.1 Å². The van der Waals surface area contributed by atoms with Crippen molar-refractivity contribution >= 4 is 21.4 Å². The highest BCUT2D eigenvalue weighted by Gasteiger charge is 2.21. The van der Waals surface area contributed by atoms with Gasteiger partial charge in [-0.1, -0.05) is 42.5 Å². The van der Waals surface area contributed by atoms with Gasteiger partial charge in [-0.25, -0.2) is 8.42 Å². The highest BCUT2D eigenvalue weighted by Crippen LogP contribution is 2.29. The fraction of sp³-hybridized carbons (Fsp3) is 0.350. The Morgan fingerprint density at radius 3 is 2.65 bits per heavy atom. The zero-order valence-corrected chi connectivity index (χ0v) is 15.7. The predicted octanol–water partition coefficient (Wildman–Crippen LogP) is 2.84. The molecule has 6 heteroatoms. The number of para-hydroxylation sites is 1. The molecular weight excluding hydrogens is 348 g/mol. The number of amides is 1. The van der Waals surface area contributed by atoms with E-state index in [2.05, 4.69) is 22.8 Å². The van der Waals surface area contributed by atoms with Crippen LogP contribution in [0.3, 0.4) is 0 Å². The third kappa shape index (κ3) is 4.85. The summed E-state index contributed by atoms with van der Waals surface area (Å²) in [6.07, 6.45) is 4.26. The van der Waals surface area contributed by atoms with Crippen molar-refractivity contribution in [2.45, 2.75) is 31.1 Å². The Kier molecular flexibility index (Phi) is 5.61. The zero-order valence-electron chi connectivity index (χ0n) is 14.9. The minimum absolute atomic E-state index is 0.0421. The maximum absolute atomic E-state index is 12.4. The average molecular weight is 372 g/mol. The number of aryl methyl sites for hydroxylation is 1. The Morgan fingerprint density at radius 2 is 1.85 bits per heavy atom. The van der Waals surface area contributed by atoms with Crippen LogP contribution in [0.5, 0.6) is 0 Å². The van der Waals surface area contributed by atoms with Crippen LogP contribution < -0.4 is 10.6 Å². The number of fused-ring (bicyclic) bond motifs is 1. The second-order valence-electron chi connectivity index (χ2n) is 6.79. The predicted molar refractivity (Wildman–Crippen MR) is 104 cm³/mol. The van der Waals surface area contributed by atoms with Gasteiger partial charge in [0.2, 0.25) is 5.91 Å². The van der Waals surface area contributed by atoms with Gasteiger partial charge in [-0.2, -0.15) is 0 Å². The van der Waals surface area contributed by atoms with Crippen molar-refractivity contribution in [1.29, 1.82) is 0 Å². The SMILES string of the molecule is CS(=O)(=O)Cc1ccccc1NCC(=O)NC1CCCc2ccccc21. The summed E-state index contributed by atoms with van der Waals surface area (Å²) in [6, 6.07) is 15.4. The lowest BCUT2D eigenvalue weighted by atomic mass is 9.88. The Hall–Kier alpha value is -2.34. The molecule has 0 radical (unpaired) electrons. The number of carbonyl (C=O) groups excluding carboxylic acids is 1. The molecule has 1 atom stereocenters. The van der Waals surface area contributed by atoms with Gasteiger partial charge in [0.25, 0.3) is 0 Å². The Labute approximate surface area is 154 Å². The molecule has 138 valence electrons. The van der Waals surface area contributed by atoms with Gasteiger partial charge in [-0.3, -0.25) is 4.79 Å². The minimum atomic E-state index is -3.13. The number of anilines is 1. The van der Waals surface area contributed by atoms with E-state index in [1.165, 1.54) is 17.4 Å². The maximum atomic E-state index is 12.4. The first-order valence-corrected chi connectivity index (χ1v) is 10.8. The van der Waals surface area contributed by atoms with Crippen LogP contribution in [0.15, 0.2) is 48.5 Å². The molecule has 2 aromatic carbocycles. The molecule has 0 aromatic heterocycles. The van der Waals surface area contributed by atoms with Crippen molar-refractivity contribution in [3.8, 4) is 0 Å². The lowest BCUT2D eigenvalue weighted by molar-refractivity contribution is -0.120. The van der Waals surface area contributed by atoms with Crippen LogP contribution in [0.2, 0.25) is 0 Å². The summed E-state index contributed by atoms with van der Waals surface area (Å²) in [5.74, 6) is -0.144. The molecule has 0 aliphatic heterocycles. The molecule has 3 rings (SSSR count). The van der Waals surface area contributed by atoms with E-state index in [4.69, 9.17) is 0 Å². The number of nitrogens with one attached hydrogen (secondary N) is 2. The highest BCUT2D eigenvalue weighted by atomic mass is 32.2. The third-order valence-electron chi connectivity index (χ3n) is 4.58. The monoisotopic (exact) mass is 372 g/mol. The van der Waals surface area contributed by atoms with Crippen molar-refractivity contribution in [3.05, 3.63) is 65.2 Å². The standard InChI is InChI=1S/C20H24N2O3S/c1-26(24,25)14-16-8-3-5-11-18(16)21-13-20(23)22-19-12-6-9-15-7-2-4-10-17(15)19/h2-5,7-8,10-11,19,21H,6,9,12-14H2,1H3,(H,22,23). The van der Waals surface area contributed by atoms with Gasteiger partial charge < -0.3 is 10.6 Å². The van der Waals surface area contributed by atoms with Gasteiger partial charge >= 0.3 is 0 Å². The molecule has 1 amide bonds. The topological polar surface area (TPSA) is 75.3 Å². The number of rotatable bonds is 6. The van der Waals surface area contributed by atoms with Crippen molar-refractivity contribution < 1.29 is 13.2 Å². The lowest BCUT2D eigenvalue weighted by Crippen LogP contribution is -2.35. The fourth-order valence-electron chi connectivity index (χ4n) is 3.43. The number of sulfone groups is 1. The molecule has 2 N–H and O–H groups in total. The van der Waals surface area contributed by atoms with E-state index in [1.807, 2.05) is 18.2 Å². The molecule has 1 aliphatic rings. The largest absolute Gasteiger partial charge is 0.376 e. The maximum Gasteiger partial charge on any atom is 0.239 e. The summed E-state index contributed by atoms with van der Waals surface area (Å²) in [5.41, 5.74) is 3.85. The molecule has 0 spiro atoms. The Bertz CT molecular complexity index is 893. The molecular formula is C20H24N2O3S. The molecule has 1 unspecified atom stereocenters. The molecule has 0 fully saturated rings. The Morgan fingerprint density at radius 1 is 1.12 bits per heavy atom. The van der Waals surface area contributed by atoms with Gasteiger partial charge in [-0.05, 0) is 42.0 Å². The minimum Gasteiger partial charge on any atom is -0.376 e. The zero-order chi connectivity index (χ0) is 18.6. The normalized spacial score (nSPS) is 16.6. The third-order valence-corrected chi connectivity index (χ3v) is 5.41. The lowest BCUT2D eigenvalue weighted by Gasteiger charge is -2.26. The first-order chi connectivity index (χ1) is 12.4. The molecule has 2 aromatic rings. The molecule has 0 saturated heterocycles. The van der Waals surface area contributed by atoms with Gasteiger partial charge in [0, 0.05) is 11.9 Å². The smallest absolute Gasteiger partial charge is 0.239 e. The van der Waals surface area contributed by atoms with Gasteiger partial charge in [0.15, 0.2) is 9.84 Å². The van der Waals surface area contributed by atoms with E-state index < -0.39 is 9.84 Å². The first kappa shape index (κ1) is 18.5. The number of carbonyl (C=O) groups is 1. The van der Waals surface area contributed by atoms with Crippen LogP contribution >= 0.6 is 0 Å². The highest BCUT2D eigenvalue weighted by molar-refractivity contribution is 7.89. The van der Waals surface area contributed by atoms with E-state index in [-0.39, 0.29) is 24.2 Å². The number of benzene rings is 2. The summed E-state index contributed by atoms with van der Waals surface area (Å²) in [6.45, 7) is 0.111. The van der Waals surface area contributed by atoms with Gasteiger partial charge in [0.05, 0.1) is 18.3 Å². The van der Waals surface area contributed by atoms with Crippen LogP contribution in [0.25, 0.3) is 0 Å². The number of hydrogen-bond acceptors (Lipinski definition) is 4. The summed E-state index contributed by atoms with van der Waals surface area (Å²) >= 11 is 0. The first-order valence-electron chi connectivity index (χ1n) is 8.79. The van der Waals surface area contributed by atoms with Gasteiger partial charge in [0.1, 0.15) is 0 Å². The summed E-state index contributed by atoms with van der Waals surface area (Å²) in [5, 5.41) is 6.17. The van der Waals surface area contributed by atoms with Crippen LogP contribution in [0, 0.1) is 0 Å². The Balaban J connectivity index is 1.62. The number of hydrogen-bond donors (Lipinski definition) is 2. The van der Waals surface area contributed by atoms with E-state index in [1.54, 1.807) is 18.2 Å². The second-order valence-corrected chi connectivity index (χ2v) is 8.93. The molecule has 5 nitrogen and oxygen atoms in total. The summed E-state index contributed by atoms with van der Waals surface area (Å²) < 4.78 is 23.1. The fourth-order valence-corrected chi connectivity index (χ4v) is 4.24. The average Bonchev–Trinajstić information content (AvgIpc) is 2.60. The summed E-state index contributed by atoms with van der Waals surface area (Å²) in [7, 11) is -3.13. The molecule has 1 aliphatic carbocycles. The van der Waals surface area contributed by atoms with E-state index >= 15 is 0 Å². The van der Waals surface area contributed by atoms with Crippen molar-refractivity contribution in [1.82, 2.24) is 5.32 Å². The summed E-state index contributed by atoms with van der Waals surface area (Å²) in [4.78, 5) is 12.4. The second kappa shape index (κ2) is 7.91. The molecule has 0 heterocycles. The molecule has 26 heavy (non-hydrogen) atoms. The van der Waals surface area contributed by atoms with Crippen molar-refractivity contribution in [2.24, 2.45) is 0 Å². The van der Waals surface area contributed by atoms with Crippen LogP contribution in [-0.2, 0) is 26.8 Å². The van der Waals surface area contributed by atoms with E-state index in [9.17, 15) is 13.2 Å². The van der Waals surface area contributed by atoms with Crippen LogP contribution in [0.4, 0.5) is 5.69 Å². The molecule has 0 saturated carbocycles. The van der Waals surface area contributed by atoms with E-state index in [0.717, 1.165) is 19.3 Å². The van der Waals surface area contributed by atoms with Crippen molar-refractivity contribution in [2.75, 3.05) is 18.1 Å². The quantitative estimate of drug-likeness (QED) is 0.818.